The van der Waals surface area contributed by atoms with Crippen LogP contribution in [0, 0.1) is 13.8 Å². The summed E-state index contributed by atoms with van der Waals surface area (Å²) in [4.78, 5) is 20.5. The van der Waals surface area contributed by atoms with Crippen molar-refractivity contribution in [3.8, 4) is 0 Å². The molecular formula is C23H23BrN4OS2. The highest BCUT2D eigenvalue weighted by molar-refractivity contribution is 9.11. The van der Waals surface area contributed by atoms with Gasteiger partial charge in [0.2, 0.25) is 5.91 Å². The molecule has 1 aliphatic heterocycles. The Labute approximate surface area is 200 Å². The number of aryl methyl sites for hydroxylation is 2. The molecule has 3 heterocycles. The van der Waals surface area contributed by atoms with Gasteiger partial charge in [0.15, 0.2) is 5.11 Å². The Bertz CT molecular complexity index is 1100. The number of anilines is 1. The highest BCUT2D eigenvalue weighted by atomic mass is 79.9. The quantitative estimate of drug-likeness (QED) is 0.424. The number of halogens is 1. The summed E-state index contributed by atoms with van der Waals surface area (Å²) >= 11 is 10.9. The molecular weight excluding hydrogens is 492 g/mol. The first-order valence-electron chi connectivity index (χ1n) is 10.0. The lowest BCUT2D eigenvalue weighted by Crippen LogP contribution is -2.32. The average Bonchev–Trinajstić information content (AvgIpc) is 3.32. The number of carbonyl (C=O) groups excluding carboxylic acids is 1. The van der Waals surface area contributed by atoms with Crippen LogP contribution in [0.4, 0.5) is 5.69 Å². The Morgan fingerprint density at radius 2 is 2.10 bits per heavy atom. The number of hydrogen-bond donors (Lipinski definition) is 2. The third-order valence-electron chi connectivity index (χ3n) is 5.33. The molecule has 0 spiro atoms. The SMILES string of the molecule is Cc1ccc(C)c(NC(=O)CCN2C(=S)NC(c3ccccn3)C2c2ccc(Br)s2)c1. The van der Waals surface area contributed by atoms with Gasteiger partial charge in [-0.15, -0.1) is 11.3 Å². The highest BCUT2D eigenvalue weighted by Gasteiger charge is 2.40. The van der Waals surface area contributed by atoms with Gasteiger partial charge in [0.25, 0.3) is 0 Å². The lowest BCUT2D eigenvalue weighted by Gasteiger charge is -2.26. The predicted molar refractivity (Wildman–Crippen MR) is 133 cm³/mol. The van der Waals surface area contributed by atoms with Crippen molar-refractivity contribution in [2.75, 3.05) is 11.9 Å². The molecule has 2 atom stereocenters. The number of amides is 1. The van der Waals surface area contributed by atoms with Gasteiger partial charge in [0.05, 0.1) is 21.6 Å². The molecule has 5 nitrogen and oxygen atoms in total. The second-order valence-corrected chi connectivity index (χ2v) is 10.5. The number of aromatic nitrogens is 1. The molecule has 1 saturated heterocycles. The maximum atomic E-state index is 12.7. The maximum absolute atomic E-state index is 12.7. The topological polar surface area (TPSA) is 57.3 Å². The molecule has 1 amide bonds. The van der Waals surface area contributed by atoms with E-state index >= 15 is 0 Å². The maximum Gasteiger partial charge on any atom is 0.226 e. The van der Waals surface area contributed by atoms with E-state index in [1.54, 1.807) is 17.5 Å². The molecule has 0 aliphatic carbocycles. The van der Waals surface area contributed by atoms with Gasteiger partial charge in [-0.3, -0.25) is 9.78 Å². The summed E-state index contributed by atoms with van der Waals surface area (Å²) in [6.45, 7) is 4.54. The third kappa shape index (κ3) is 4.97. The summed E-state index contributed by atoms with van der Waals surface area (Å²) in [5.74, 6) is -0.0242. The zero-order valence-electron chi connectivity index (χ0n) is 17.3. The Balaban J connectivity index is 1.52. The van der Waals surface area contributed by atoms with E-state index in [1.165, 1.54) is 4.88 Å². The minimum Gasteiger partial charge on any atom is -0.352 e. The van der Waals surface area contributed by atoms with Gasteiger partial charge in [0.1, 0.15) is 0 Å². The van der Waals surface area contributed by atoms with E-state index < -0.39 is 0 Å². The molecule has 1 aromatic carbocycles. The monoisotopic (exact) mass is 514 g/mol. The number of rotatable bonds is 6. The van der Waals surface area contributed by atoms with Crippen LogP contribution in [0.2, 0.25) is 0 Å². The molecule has 1 aliphatic rings. The van der Waals surface area contributed by atoms with Crippen LogP contribution in [0.5, 0.6) is 0 Å². The Hall–Kier alpha value is -2.29. The fourth-order valence-corrected chi connectivity index (χ4v) is 5.65. The van der Waals surface area contributed by atoms with Gasteiger partial charge in [-0.2, -0.15) is 0 Å². The van der Waals surface area contributed by atoms with Crippen LogP contribution in [-0.2, 0) is 4.79 Å². The molecule has 4 rings (SSSR count). The summed E-state index contributed by atoms with van der Waals surface area (Å²) in [5, 5.41) is 7.11. The number of hydrogen-bond acceptors (Lipinski definition) is 4. The normalized spacial score (nSPS) is 18.2. The lowest BCUT2D eigenvalue weighted by molar-refractivity contribution is -0.116. The second kappa shape index (κ2) is 9.46. The zero-order chi connectivity index (χ0) is 22.0. The van der Waals surface area contributed by atoms with Crippen LogP contribution in [0.15, 0.2) is 58.5 Å². The van der Waals surface area contributed by atoms with E-state index in [0.29, 0.717) is 18.1 Å². The number of thiocarbonyl (C=S) groups is 1. The van der Waals surface area contributed by atoms with Crippen molar-refractivity contribution in [1.29, 1.82) is 0 Å². The first kappa shape index (κ1) is 21.9. The van der Waals surface area contributed by atoms with E-state index in [1.807, 2.05) is 56.3 Å². The van der Waals surface area contributed by atoms with Gasteiger partial charge >= 0.3 is 0 Å². The molecule has 0 bridgehead atoms. The van der Waals surface area contributed by atoms with Crippen LogP contribution >= 0.6 is 39.5 Å². The molecule has 2 N–H and O–H groups in total. The first-order chi connectivity index (χ1) is 14.9. The minimum absolute atomic E-state index is 0.0211. The number of carbonyl (C=O) groups is 1. The fourth-order valence-electron chi connectivity index (χ4n) is 3.75. The van der Waals surface area contributed by atoms with E-state index in [0.717, 1.165) is 26.3 Å². The van der Waals surface area contributed by atoms with Crippen LogP contribution < -0.4 is 10.6 Å². The Morgan fingerprint density at radius 1 is 1.26 bits per heavy atom. The molecule has 2 aromatic heterocycles. The zero-order valence-corrected chi connectivity index (χ0v) is 20.5. The van der Waals surface area contributed by atoms with Crippen molar-refractivity contribution in [2.45, 2.75) is 32.4 Å². The molecule has 31 heavy (non-hydrogen) atoms. The molecule has 2 unspecified atom stereocenters. The number of benzene rings is 1. The van der Waals surface area contributed by atoms with Crippen LogP contribution in [0.25, 0.3) is 0 Å². The summed E-state index contributed by atoms with van der Waals surface area (Å²) in [7, 11) is 0. The van der Waals surface area contributed by atoms with Crippen molar-refractivity contribution >= 4 is 56.2 Å². The van der Waals surface area contributed by atoms with Crippen molar-refractivity contribution in [1.82, 2.24) is 15.2 Å². The van der Waals surface area contributed by atoms with Gasteiger partial charge in [-0.25, -0.2) is 0 Å². The molecule has 160 valence electrons. The number of nitrogens with one attached hydrogen (secondary N) is 2. The number of nitrogens with zero attached hydrogens (tertiary/aromatic N) is 2. The average molecular weight is 516 g/mol. The third-order valence-corrected chi connectivity index (χ3v) is 7.38. The van der Waals surface area contributed by atoms with Crippen LogP contribution in [0.1, 0.15) is 40.2 Å². The largest absolute Gasteiger partial charge is 0.352 e. The summed E-state index contributed by atoms with van der Waals surface area (Å²) in [6, 6.07) is 16.0. The highest BCUT2D eigenvalue weighted by Crippen LogP contribution is 2.42. The van der Waals surface area contributed by atoms with Gasteiger partial charge in [-0.05, 0) is 83.5 Å². The predicted octanol–water partition coefficient (Wildman–Crippen LogP) is 5.52. The van der Waals surface area contributed by atoms with Crippen molar-refractivity contribution < 1.29 is 4.79 Å². The van der Waals surface area contributed by atoms with E-state index in [-0.39, 0.29) is 18.0 Å². The van der Waals surface area contributed by atoms with Crippen molar-refractivity contribution in [2.24, 2.45) is 0 Å². The van der Waals surface area contributed by atoms with Gasteiger partial charge < -0.3 is 15.5 Å². The van der Waals surface area contributed by atoms with E-state index in [9.17, 15) is 4.79 Å². The Kier molecular flexibility index (Phi) is 6.69. The minimum atomic E-state index is -0.0682. The van der Waals surface area contributed by atoms with E-state index in [2.05, 4.69) is 42.5 Å². The summed E-state index contributed by atoms with van der Waals surface area (Å²) < 4.78 is 1.06. The second-order valence-electron chi connectivity index (χ2n) is 7.58. The lowest BCUT2D eigenvalue weighted by atomic mass is 10.0. The smallest absolute Gasteiger partial charge is 0.226 e. The van der Waals surface area contributed by atoms with Gasteiger partial charge in [-0.1, -0.05) is 18.2 Å². The van der Waals surface area contributed by atoms with Crippen molar-refractivity contribution in [3.05, 3.63) is 80.2 Å². The molecule has 8 heteroatoms. The number of pyridine rings is 1. The Morgan fingerprint density at radius 3 is 2.81 bits per heavy atom. The van der Waals surface area contributed by atoms with Crippen LogP contribution in [0.3, 0.4) is 0 Å². The summed E-state index contributed by atoms with van der Waals surface area (Å²) in [5.41, 5.74) is 3.96. The van der Waals surface area contributed by atoms with E-state index in [4.69, 9.17) is 12.2 Å². The van der Waals surface area contributed by atoms with Crippen LogP contribution in [-0.4, -0.2) is 27.4 Å². The van der Waals surface area contributed by atoms with Gasteiger partial charge in [0, 0.05) is 29.7 Å². The first-order valence-corrected chi connectivity index (χ1v) is 12.0. The van der Waals surface area contributed by atoms with Crippen molar-refractivity contribution in [3.63, 3.8) is 0 Å². The molecule has 3 aromatic rings. The molecule has 0 radical (unpaired) electrons. The molecule has 1 fully saturated rings. The standard InChI is InChI=1S/C23H23BrN4OS2/c1-14-6-7-15(2)17(13-14)26-20(29)10-12-28-22(18-8-9-19(24)31-18)21(27-23(28)30)16-5-3-4-11-25-16/h3-9,11,13,21-22H,10,12H2,1-2H3,(H,26,29)(H,27,30). The fraction of sp³-hybridized carbons (Fsp3) is 0.261. The number of thiophene rings is 1. The molecule has 0 saturated carbocycles. The summed E-state index contributed by atoms with van der Waals surface area (Å²) in [6.07, 6.45) is 2.13.